The lowest BCUT2D eigenvalue weighted by atomic mass is 10.4. The molecule has 0 atom stereocenters. The van der Waals surface area contributed by atoms with Gasteiger partial charge in [-0.3, -0.25) is 0 Å². The van der Waals surface area contributed by atoms with E-state index in [-0.39, 0.29) is 6.61 Å². The molecule has 1 fully saturated rings. The minimum Gasteiger partial charge on any atom is -0.395 e. The van der Waals surface area contributed by atoms with E-state index in [1.54, 1.807) is 6.33 Å². The summed E-state index contributed by atoms with van der Waals surface area (Å²) in [6, 6.07) is 2.51. The maximum Gasteiger partial charge on any atom is 0.134 e. The molecule has 94 valence electrons. The molecule has 1 aromatic heterocycles. The van der Waals surface area contributed by atoms with Crippen LogP contribution in [0, 0.1) is 0 Å². The Balaban J connectivity index is 2.07. The van der Waals surface area contributed by atoms with Gasteiger partial charge in [0.1, 0.15) is 18.0 Å². The molecule has 0 bridgehead atoms. The summed E-state index contributed by atoms with van der Waals surface area (Å²) in [5.74, 6) is 1.77. The van der Waals surface area contributed by atoms with Crippen LogP contribution < -0.4 is 10.2 Å². The Morgan fingerprint density at radius 3 is 2.94 bits per heavy atom. The van der Waals surface area contributed by atoms with Gasteiger partial charge in [-0.15, -0.1) is 0 Å². The Morgan fingerprint density at radius 1 is 1.47 bits per heavy atom. The molecule has 2 N–H and O–H groups in total. The highest BCUT2D eigenvalue weighted by Gasteiger charge is 2.29. The summed E-state index contributed by atoms with van der Waals surface area (Å²) < 4.78 is 0. The standard InChI is InChI=1S/C12H20N4O/c1-2-5-13-11-8-12(15-9-14-11)16(6-7-17)10-3-4-10/h8-10,17H,2-7H2,1H3,(H,13,14,15). The van der Waals surface area contributed by atoms with Gasteiger partial charge in [0.25, 0.3) is 0 Å². The molecule has 0 unspecified atom stereocenters. The lowest BCUT2D eigenvalue weighted by Gasteiger charge is -2.22. The van der Waals surface area contributed by atoms with Crippen molar-refractivity contribution in [2.45, 2.75) is 32.2 Å². The minimum absolute atomic E-state index is 0.165. The van der Waals surface area contributed by atoms with Crippen LogP contribution in [0.3, 0.4) is 0 Å². The van der Waals surface area contributed by atoms with Crippen LogP contribution in [0.1, 0.15) is 26.2 Å². The van der Waals surface area contributed by atoms with Crippen molar-refractivity contribution in [3.63, 3.8) is 0 Å². The minimum atomic E-state index is 0.165. The summed E-state index contributed by atoms with van der Waals surface area (Å²) in [5.41, 5.74) is 0. The Labute approximate surface area is 102 Å². The van der Waals surface area contributed by atoms with E-state index in [4.69, 9.17) is 5.11 Å². The van der Waals surface area contributed by atoms with Crippen molar-refractivity contribution in [1.82, 2.24) is 9.97 Å². The number of aliphatic hydroxyl groups excluding tert-OH is 1. The van der Waals surface area contributed by atoms with Gasteiger partial charge in [0, 0.05) is 25.2 Å². The molecule has 0 aliphatic heterocycles. The molecule has 1 heterocycles. The van der Waals surface area contributed by atoms with Crippen LogP contribution in [0.15, 0.2) is 12.4 Å². The summed E-state index contributed by atoms with van der Waals surface area (Å²) in [6.45, 7) is 3.85. The molecule has 5 heteroatoms. The van der Waals surface area contributed by atoms with E-state index in [9.17, 15) is 0 Å². The van der Waals surface area contributed by atoms with Gasteiger partial charge in [0.15, 0.2) is 0 Å². The second-order valence-electron chi connectivity index (χ2n) is 4.34. The summed E-state index contributed by atoms with van der Waals surface area (Å²) in [4.78, 5) is 10.6. The van der Waals surface area contributed by atoms with Crippen molar-refractivity contribution in [2.75, 3.05) is 29.9 Å². The van der Waals surface area contributed by atoms with Gasteiger partial charge in [0.2, 0.25) is 0 Å². The fraction of sp³-hybridized carbons (Fsp3) is 0.667. The monoisotopic (exact) mass is 236 g/mol. The number of hydrogen-bond donors (Lipinski definition) is 2. The van der Waals surface area contributed by atoms with E-state index in [0.717, 1.165) is 24.6 Å². The first kappa shape index (κ1) is 12.1. The average Bonchev–Trinajstić information content (AvgIpc) is 3.18. The predicted molar refractivity (Wildman–Crippen MR) is 68.3 cm³/mol. The van der Waals surface area contributed by atoms with Gasteiger partial charge >= 0.3 is 0 Å². The van der Waals surface area contributed by atoms with Crippen molar-refractivity contribution in [1.29, 1.82) is 0 Å². The first-order chi connectivity index (χ1) is 8.35. The second-order valence-corrected chi connectivity index (χ2v) is 4.34. The van der Waals surface area contributed by atoms with E-state index >= 15 is 0 Å². The highest BCUT2D eigenvalue weighted by atomic mass is 16.3. The van der Waals surface area contributed by atoms with Crippen molar-refractivity contribution in [3.8, 4) is 0 Å². The third kappa shape index (κ3) is 3.30. The topological polar surface area (TPSA) is 61.3 Å². The van der Waals surface area contributed by atoms with Gasteiger partial charge < -0.3 is 15.3 Å². The largest absolute Gasteiger partial charge is 0.395 e. The molecule has 1 saturated carbocycles. The molecule has 0 amide bonds. The predicted octanol–water partition coefficient (Wildman–Crippen LogP) is 1.26. The maximum absolute atomic E-state index is 9.08. The second kappa shape index (κ2) is 5.82. The van der Waals surface area contributed by atoms with E-state index in [1.165, 1.54) is 12.8 Å². The molecule has 17 heavy (non-hydrogen) atoms. The van der Waals surface area contributed by atoms with Crippen LogP contribution in [0.5, 0.6) is 0 Å². The highest BCUT2D eigenvalue weighted by molar-refractivity contribution is 5.49. The van der Waals surface area contributed by atoms with Gasteiger partial charge in [-0.2, -0.15) is 0 Å². The Hall–Kier alpha value is -1.36. The van der Waals surface area contributed by atoms with E-state index in [1.807, 2.05) is 6.07 Å². The third-order valence-electron chi connectivity index (χ3n) is 2.83. The lowest BCUT2D eigenvalue weighted by Crippen LogP contribution is -2.29. The van der Waals surface area contributed by atoms with Crippen LogP contribution in [0.4, 0.5) is 11.6 Å². The molecular weight excluding hydrogens is 216 g/mol. The normalized spacial score (nSPS) is 14.7. The Kier molecular flexibility index (Phi) is 4.14. The molecule has 1 aliphatic carbocycles. The Morgan fingerprint density at radius 2 is 2.29 bits per heavy atom. The van der Waals surface area contributed by atoms with Crippen molar-refractivity contribution < 1.29 is 5.11 Å². The molecule has 1 aromatic rings. The SMILES string of the molecule is CCCNc1cc(N(CCO)C2CC2)ncn1. The fourth-order valence-electron chi connectivity index (χ4n) is 1.83. The number of aromatic nitrogens is 2. The molecule has 0 spiro atoms. The third-order valence-corrected chi connectivity index (χ3v) is 2.83. The van der Waals surface area contributed by atoms with Gasteiger partial charge in [-0.25, -0.2) is 9.97 Å². The average molecular weight is 236 g/mol. The zero-order valence-corrected chi connectivity index (χ0v) is 10.3. The zero-order chi connectivity index (χ0) is 12.1. The number of nitrogens with one attached hydrogen (secondary N) is 1. The van der Waals surface area contributed by atoms with Gasteiger partial charge in [0.05, 0.1) is 6.61 Å². The maximum atomic E-state index is 9.08. The first-order valence-corrected chi connectivity index (χ1v) is 6.28. The first-order valence-electron chi connectivity index (χ1n) is 6.28. The summed E-state index contributed by atoms with van der Waals surface area (Å²) in [5, 5.41) is 12.3. The number of rotatable bonds is 7. The molecule has 2 rings (SSSR count). The summed E-state index contributed by atoms with van der Waals surface area (Å²) >= 11 is 0. The van der Waals surface area contributed by atoms with Crippen LogP contribution in [-0.2, 0) is 0 Å². The molecule has 1 aliphatic rings. The van der Waals surface area contributed by atoms with Crippen molar-refractivity contribution >= 4 is 11.6 Å². The van der Waals surface area contributed by atoms with Gasteiger partial charge in [-0.1, -0.05) is 6.92 Å². The molecule has 5 nitrogen and oxygen atoms in total. The van der Waals surface area contributed by atoms with Crippen molar-refractivity contribution in [3.05, 3.63) is 12.4 Å². The number of aliphatic hydroxyl groups is 1. The van der Waals surface area contributed by atoms with Crippen LogP contribution in [0.2, 0.25) is 0 Å². The van der Waals surface area contributed by atoms with Crippen LogP contribution >= 0.6 is 0 Å². The highest BCUT2D eigenvalue weighted by Crippen LogP contribution is 2.30. The van der Waals surface area contributed by atoms with Crippen molar-refractivity contribution in [2.24, 2.45) is 0 Å². The summed E-state index contributed by atoms with van der Waals surface area (Å²) in [6.07, 6.45) is 5.05. The van der Waals surface area contributed by atoms with E-state index in [0.29, 0.717) is 12.6 Å². The molecule has 0 radical (unpaired) electrons. The molecule has 0 aromatic carbocycles. The number of hydrogen-bond acceptors (Lipinski definition) is 5. The smallest absolute Gasteiger partial charge is 0.134 e. The summed E-state index contributed by atoms with van der Waals surface area (Å²) in [7, 11) is 0. The quantitative estimate of drug-likeness (QED) is 0.746. The lowest BCUT2D eigenvalue weighted by molar-refractivity contribution is 0.301. The number of nitrogens with zero attached hydrogens (tertiary/aromatic N) is 3. The molecule has 0 saturated heterocycles. The number of anilines is 2. The van der Waals surface area contributed by atoms with E-state index in [2.05, 4.69) is 27.1 Å². The Bertz CT molecular complexity index is 354. The van der Waals surface area contributed by atoms with E-state index < -0.39 is 0 Å². The molecular formula is C12H20N4O. The van der Waals surface area contributed by atoms with Crippen LogP contribution in [0.25, 0.3) is 0 Å². The zero-order valence-electron chi connectivity index (χ0n) is 10.3. The van der Waals surface area contributed by atoms with Crippen LogP contribution in [-0.4, -0.2) is 40.8 Å². The van der Waals surface area contributed by atoms with Gasteiger partial charge in [-0.05, 0) is 19.3 Å². The fourth-order valence-corrected chi connectivity index (χ4v) is 1.83.